The zero-order valence-corrected chi connectivity index (χ0v) is 16.1. The highest BCUT2D eigenvalue weighted by molar-refractivity contribution is 6.30. The molecule has 28 heavy (non-hydrogen) atoms. The Balaban J connectivity index is 1.84. The lowest BCUT2D eigenvalue weighted by Crippen LogP contribution is -2.12. The van der Waals surface area contributed by atoms with Crippen LogP contribution in [0.4, 0.5) is 17.1 Å². The van der Waals surface area contributed by atoms with Gasteiger partial charge in [0.2, 0.25) is 5.78 Å². The summed E-state index contributed by atoms with van der Waals surface area (Å²) in [5, 5.41) is 0.658. The summed E-state index contributed by atoms with van der Waals surface area (Å²) in [5.41, 5.74) is 8.49. The van der Waals surface area contributed by atoms with Crippen LogP contribution in [0, 0.1) is 0 Å². The summed E-state index contributed by atoms with van der Waals surface area (Å²) in [5.74, 6) is -0.911. The monoisotopic (exact) mass is 395 g/mol. The van der Waals surface area contributed by atoms with E-state index in [4.69, 9.17) is 17.3 Å². The molecule has 0 spiro atoms. The molecule has 0 saturated carbocycles. The highest BCUT2D eigenvalue weighted by Crippen LogP contribution is 2.25. The molecule has 7 heteroatoms. The first-order valence-electron chi connectivity index (χ1n) is 8.38. The van der Waals surface area contributed by atoms with Crippen molar-refractivity contribution in [3.63, 3.8) is 0 Å². The number of anilines is 3. The number of nitrogens with two attached hydrogens (primary N) is 1. The summed E-state index contributed by atoms with van der Waals surface area (Å²) >= 11 is 5.92. The molecule has 1 heterocycles. The van der Waals surface area contributed by atoms with E-state index in [2.05, 4.69) is 9.72 Å². The van der Waals surface area contributed by atoms with E-state index >= 15 is 0 Å². The van der Waals surface area contributed by atoms with E-state index < -0.39 is 5.97 Å². The van der Waals surface area contributed by atoms with Crippen molar-refractivity contribution < 1.29 is 14.3 Å². The zero-order valence-electron chi connectivity index (χ0n) is 15.3. The number of pyridine rings is 1. The number of rotatable bonds is 5. The van der Waals surface area contributed by atoms with E-state index in [1.807, 2.05) is 24.1 Å². The van der Waals surface area contributed by atoms with Crippen LogP contribution in [0.1, 0.15) is 26.4 Å². The lowest BCUT2D eigenvalue weighted by Gasteiger charge is -2.19. The molecular weight excluding hydrogens is 378 g/mol. The highest BCUT2D eigenvalue weighted by atomic mass is 35.5. The zero-order chi connectivity index (χ0) is 20.3. The topological polar surface area (TPSA) is 85.5 Å². The minimum absolute atomic E-state index is 0.146. The Kier molecular flexibility index (Phi) is 5.61. The number of benzene rings is 2. The number of aromatic nitrogens is 1. The van der Waals surface area contributed by atoms with Gasteiger partial charge in [-0.2, -0.15) is 0 Å². The average molecular weight is 396 g/mol. The van der Waals surface area contributed by atoms with Crippen molar-refractivity contribution in [2.75, 3.05) is 24.8 Å². The fraction of sp³-hybridized carbons (Fsp3) is 0.0952. The van der Waals surface area contributed by atoms with Crippen LogP contribution in [-0.2, 0) is 4.74 Å². The quantitative estimate of drug-likeness (QED) is 0.397. The number of methoxy groups -OCH3 is 1. The van der Waals surface area contributed by atoms with Gasteiger partial charge in [0.15, 0.2) is 0 Å². The third-order valence-electron chi connectivity index (χ3n) is 4.30. The van der Waals surface area contributed by atoms with Gasteiger partial charge in [0.1, 0.15) is 5.69 Å². The van der Waals surface area contributed by atoms with E-state index in [-0.39, 0.29) is 22.7 Å². The van der Waals surface area contributed by atoms with Crippen LogP contribution in [0.5, 0.6) is 0 Å². The maximum atomic E-state index is 12.7. The molecule has 0 fully saturated rings. The molecule has 3 aromatic rings. The molecule has 0 radical (unpaired) electrons. The van der Waals surface area contributed by atoms with Crippen LogP contribution in [0.3, 0.4) is 0 Å². The fourth-order valence-corrected chi connectivity index (χ4v) is 2.79. The van der Waals surface area contributed by atoms with Crippen molar-refractivity contribution in [1.82, 2.24) is 4.98 Å². The predicted molar refractivity (Wildman–Crippen MR) is 109 cm³/mol. The normalized spacial score (nSPS) is 10.4. The maximum absolute atomic E-state index is 12.7. The van der Waals surface area contributed by atoms with Gasteiger partial charge in [0.05, 0.1) is 24.6 Å². The number of hydrogen-bond acceptors (Lipinski definition) is 6. The first kappa shape index (κ1) is 19.4. The third-order valence-corrected chi connectivity index (χ3v) is 4.55. The van der Waals surface area contributed by atoms with Crippen molar-refractivity contribution in [3.8, 4) is 0 Å². The Morgan fingerprint density at radius 1 is 1.04 bits per heavy atom. The predicted octanol–water partition coefficient (Wildman–Crippen LogP) is 4.10. The van der Waals surface area contributed by atoms with Gasteiger partial charge < -0.3 is 15.4 Å². The molecule has 0 amide bonds. The number of nitrogen functional groups attached to an aromatic ring is 1. The van der Waals surface area contributed by atoms with Gasteiger partial charge in [-0.1, -0.05) is 11.6 Å². The molecular formula is C21H18ClN3O3. The van der Waals surface area contributed by atoms with Gasteiger partial charge in [-0.05, 0) is 54.6 Å². The SMILES string of the molecule is COC(=O)c1cc(C(=O)c2ccc(N(C)c3ccc(Cl)cc3)cn2)ccc1N. The summed E-state index contributed by atoms with van der Waals surface area (Å²) in [4.78, 5) is 30.7. The number of ketones is 1. The van der Waals surface area contributed by atoms with Gasteiger partial charge in [-0.25, -0.2) is 4.79 Å². The molecule has 2 N–H and O–H groups in total. The molecule has 0 atom stereocenters. The fourth-order valence-electron chi connectivity index (χ4n) is 2.66. The number of hydrogen-bond donors (Lipinski definition) is 1. The number of carbonyl (C=O) groups excluding carboxylic acids is 2. The van der Waals surface area contributed by atoms with E-state index in [0.717, 1.165) is 11.4 Å². The molecule has 6 nitrogen and oxygen atoms in total. The van der Waals surface area contributed by atoms with Crippen LogP contribution >= 0.6 is 11.6 Å². The number of nitrogens with zero attached hydrogens (tertiary/aromatic N) is 2. The molecule has 1 aromatic heterocycles. The molecule has 0 saturated heterocycles. The van der Waals surface area contributed by atoms with Gasteiger partial charge in [-0.15, -0.1) is 0 Å². The maximum Gasteiger partial charge on any atom is 0.339 e. The van der Waals surface area contributed by atoms with Crippen LogP contribution in [-0.4, -0.2) is 30.9 Å². The smallest absolute Gasteiger partial charge is 0.339 e. The van der Waals surface area contributed by atoms with Crippen molar-refractivity contribution in [2.45, 2.75) is 0 Å². The summed E-state index contributed by atoms with van der Waals surface area (Å²) in [6.45, 7) is 0. The van der Waals surface area contributed by atoms with Gasteiger partial charge in [0.25, 0.3) is 0 Å². The molecule has 142 valence electrons. The number of esters is 1. The molecule has 0 aliphatic carbocycles. The molecule has 0 unspecified atom stereocenters. The molecule has 3 rings (SSSR count). The van der Waals surface area contributed by atoms with Gasteiger partial charge >= 0.3 is 5.97 Å². The Bertz CT molecular complexity index is 1020. The summed E-state index contributed by atoms with van der Waals surface area (Å²) < 4.78 is 4.69. The first-order chi connectivity index (χ1) is 13.4. The van der Waals surface area contributed by atoms with Crippen molar-refractivity contribution in [3.05, 3.63) is 82.6 Å². The van der Waals surface area contributed by atoms with Crippen LogP contribution < -0.4 is 10.6 Å². The molecule has 0 aliphatic rings. The van der Waals surface area contributed by atoms with Crippen molar-refractivity contribution in [2.24, 2.45) is 0 Å². The van der Waals surface area contributed by atoms with E-state index in [1.165, 1.54) is 19.2 Å². The third kappa shape index (κ3) is 3.97. The summed E-state index contributed by atoms with van der Waals surface area (Å²) in [7, 11) is 3.15. The lowest BCUT2D eigenvalue weighted by atomic mass is 10.0. The van der Waals surface area contributed by atoms with Crippen molar-refractivity contribution >= 4 is 40.4 Å². The van der Waals surface area contributed by atoms with Crippen molar-refractivity contribution in [1.29, 1.82) is 0 Å². The largest absolute Gasteiger partial charge is 0.465 e. The molecule has 2 aromatic carbocycles. The second-order valence-corrected chi connectivity index (χ2v) is 6.50. The van der Waals surface area contributed by atoms with Crippen LogP contribution in [0.15, 0.2) is 60.8 Å². The van der Waals surface area contributed by atoms with E-state index in [9.17, 15) is 9.59 Å². The minimum Gasteiger partial charge on any atom is -0.465 e. The highest BCUT2D eigenvalue weighted by Gasteiger charge is 2.16. The lowest BCUT2D eigenvalue weighted by molar-refractivity contribution is 0.0602. The number of carbonyl (C=O) groups is 2. The van der Waals surface area contributed by atoms with E-state index in [1.54, 1.807) is 36.5 Å². The average Bonchev–Trinajstić information content (AvgIpc) is 2.73. The second kappa shape index (κ2) is 8.10. The standard InChI is InChI=1S/C21H18ClN3O3/c1-25(15-6-4-14(22)5-7-15)16-8-10-19(24-12-16)20(26)13-3-9-18(23)17(11-13)21(27)28-2/h3-12H,23H2,1-2H3. The summed E-state index contributed by atoms with van der Waals surface area (Å²) in [6, 6.07) is 15.3. The van der Waals surface area contributed by atoms with Gasteiger partial charge in [-0.3, -0.25) is 9.78 Å². The van der Waals surface area contributed by atoms with Crippen LogP contribution in [0.2, 0.25) is 5.02 Å². The minimum atomic E-state index is -0.597. The van der Waals surface area contributed by atoms with E-state index in [0.29, 0.717) is 10.6 Å². The Labute approximate surface area is 167 Å². The number of ether oxygens (including phenoxy) is 1. The second-order valence-electron chi connectivity index (χ2n) is 6.06. The summed E-state index contributed by atoms with van der Waals surface area (Å²) in [6.07, 6.45) is 1.61. The Hall–Kier alpha value is -3.38. The molecule has 0 aliphatic heterocycles. The van der Waals surface area contributed by atoms with Gasteiger partial charge in [0, 0.05) is 29.0 Å². The number of halogens is 1. The Morgan fingerprint density at radius 2 is 1.71 bits per heavy atom. The Morgan fingerprint density at radius 3 is 2.32 bits per heavy atom. The van der Waals surface area contributed by atoms with Crippen LogP contribution in [0.25, 0.3) is 0 Å². The molecule has 0 bridgehead atoms. The first-order valence-corrected chi connectivity index (χ1v) is 8.76.